The molecule has 2 N–H and O–H groups in total. The van der Waals surface area contributed by atoms with Crippen LogP contribution in [0.1, 0.15) is 37.3 Å². The van der Waals surface area contributed by atoms with Gasteiger partial charge in [-0.15, -0.1) is 0 Å². The van der Waals surface area contributed by atoms with Crippen LogP contribution in [0.3, 0.4) is 0 Å². The summed E-state index contributed by atoms with van der Waals surface area (Å²) in [5.41, 5.74) is 10.0. The molecule has 0 amide bonds. The molecule has 22 heavy (non-hydrogen) atoms. The molecular formula is C19H29N3. The number of hydrogen-bond donors (Lipinski definition) is 1. The molecule has 3 heteroatoms. The molecule has 1 fully saturated rings. The number of nitrogens with zero attached hydrogens (tertiary/aromatic N) is 2. The van der Waals surface area contributed by atoms with Gasteiger partial charge in [-0.1, -0.05) is 13.0 Å². The summed E-state index contributed by atoms with van der Waals surface area (Å²) in [6.45, 7) is 7.79. The fourth-order valence-corrected chi connectivity index (χ4v) is 3.57. The van der Waals surface area contributed by atoms with Crippen LogP contribution in [-0.4, -0.2) is 35.6 Å². The maximum Gasteiger partial charge on any atom is 0.0483 e. The lowest BCUT2D eigenvalue weighted by Crippen LogP contribution is -2.21. The lowest BCUT2D eigenvalue weighted by Gasteiger charge is -2.13. The van der Waals surface area contributed by atoms with Crippen LogP contribution in [-0.2, 0) is 19.4 Å². The fraction of sp³-hybridized carbons (Fsp3) is 0.579. The molecule has 1 saturated heterocycles. The number of aromatic nitrogens is 1. The van der Waals surface area contributed by atoms with Gasteiger partial charge in [-0.3, -0.25) is 0 Å². The molecule has 3 nitrogen and oxygen atoms in total. The number of nitrogens with two attached hydrogens (primary N) is 1. The smallest absolute Gasteiger partial charge is 0.0483 e. The average molecular weight is 299 g/mol. The van der Waals surface area contributed by atoms with Gasteiger partial charge in [0, 0.05) is 30.2 Å². The summed E-state index contributed by atoms with van der Waals surface area (Å²) in [6, 6.07) is 6.96. The topological polar surface area (TPSA) is 34.2 Å². The highest BCUT2D eigenvalue weighted by molar-refractivity contribution is 5.84. The third-order valence-corrected chi connectivity index (χ3v) is 4.94. The van der Waals surface area contributed by atoms with Crippen molar-refractivity contribution in [1.29, 1.82) is 0 Å². The zero-order valence-corrected chi connectivity index (χ0v) is 13.9. The molecule has 3 rings (SSSR count). The third-order valence-electron chi connectivity index (χ3n) is 4.94. The Balaban J connectivity index is 1.85. The van der Waals surface area contributed by atoms with Crippen LogP contribution >= 0.6 is 0 Å². The molecule has 0 bridgehead atoms. The second-order valence-corrected chi connectivity index (χ2v) is 6.49. The van der Waals surface area contributed by atoms with Crippen molar-refractivity contribution in [2.75, 3.05) is 26.2 Å². The predicted molar refractivity (Wildman–Crippen MR) is 94.4 cm³/mol. The largest absolute Gasteiger partial charge is 0.347 e. The Morgan fingerprint density at radius 3 is 2.68 bits per heavy atom. The molecule has 0 unspecified atom stereocenters. The van der Waals surface area contributed by atoms with E-state index in [1.165, 1.54) is 60.9 Å². The lowest BCUT2D eigenvalue weighted by molar-refractivity contribution is 0.344. The SMILES string of the molecule is CCc1ccc2c(c1)c(CCN1CCCC1)cn2CCCN. The van der Waals surface area contributed by atoms with Crippen molar-refractivity contribution in [1.82, 2.24) is 9.47 Å². The summed E-state index contributed by atoms with van der Waals surface area (Å²) in [5.74, 6) is 0. The molecule has 0 saturated carbocycles. The highest BCUT2D eigenvalue weighted by atomic mass is 15.1. The normalized spacial score (nSPS) is 15.9. The van der Waals surface area contributed by atoms with Gasteiger partial charge >= 0.3 is 0 Å². The highest BCUT2D eigenvalue weighted by Gasteiger charge is 2.14. The number of fused-ring (bicyclic) bond motifs is 1. The predicted octanol–water partition coefficient (Wildman–Crippen LogP) is 3.19. The van der Waals surface area contributed by atoms with Gasteiger partial charge in [0.1, 0.15) is 0 Å². The van der Waals surface area contributed by atoms with Crippen molar-refractivity contribution < 1.29 is 0 Å². The molecule has 1 aliphatic heterocycles. The lowest BCUT2D eigenvalue weighted by atomic mass is 10.1. The van der Waals surface area contributed by atoms with E-state index in [2.05, 4.69) is 40.8 Å². The standard InChI is InChI=1S/C19H29N3/c1-2-16-6-7-19-18(14-16)17(15-22(19)12-5-9-20)8-13-21-10-3-4-11-21/h6-7,14-15H,2-5,8-13,20H2,1H3. The van der Waals surface area contributed by atoms with Crippen LogP contribution < -0.4 is 5.73 Å². The first-order valence-corrected chi connectivity index (χ1v) is 8.85. The number of rotatable bonds is 7. The van der Waals surface area contributed by atoms with Crippen LogP contribution in [0, 0.1) is 0 Å². The number of aryl methyl sites for hydroxylation is 2. The molecule has 2 heterocycles. The van der Waals surface area contributed by atoms with E-state index in [1.54, 1.807) is 0 Å². The second kappa shape index (κ2) is 7.30. The van der Waals surface area contributed by atoms with Crippen molar-refractivity contribution in [2.24, 2.45) is 5.73 Å². The number of likely N-dealkylation sites (tertiary alicyclic amines) is 1. The first kappa shape index (κ1) is 15.6. The quantitative estimate of drug-likeness (QED) is 0.852. The molecule has 1 aromatic carbocycles. The van der Waals surface area contributed by atoms with Gasteiger partial charge in [-0.2, -0.15) is 0 Å². The Kier molecular flexibility index (Phi) is 5.16. The maximum absolute atomic E-state index is 5.69. The maximum atomic E-state index is 5.69. The van der Waals surface area contributed by atoms with E-state index in [0.29, 0.717) is 0 Å². The summed E-state index contributed by atoms with van der Waals surface area (Å²) in [4.78, 5) is 2.60. The van der Waals surface area contributed by atoms with Gasteiger partial charge in [0.05, 0.1) is 0 Å². The molecule has 0 aliphatic carbocycles. The Bertz CT molecular complexity index is 608. The molecular weight excluding hydrogens is 270 g/mol. The van der Waals surface area contributed by atoms with Gasteiger partial charge in [-0.05, 0) is 75.0 Å². The third kappa shape index (κ3) is 3.36. The van der Waals surface area contributed by atoms with Crippen LogP contribution in [0.25, 0.3) is 10.9 Å². The zero-order chi connectivity index (χ0) is 15.4. The molecule has 1 aliphatic rings. The zero-order valence-electron chi connectivity index (χ0n) is 13.9. The van der Waals surface area contributed by atoms with Gasteiger partial charge < -0.3 is 15.2 Å². The van der Waals surface area contributed by atoms with E-state index in [0.717, 1.165) is 25.9 Å². The minimum Gasteiger partial charge on any atom is -0.347 e. The van der Waals surface area contributed by atoms with Gasteiger partial charge in [0.25, 0.3) is 0 Å². The summed E-state index contributed by atoms with van der Waals surface area (Å²) in [5, 5.41) is 1.45. The van der Waals surface area contributed by atoms with Crippen LogP contribution in [0.2, 0.25) is 0 Å². The fourth-order valence-electron chi connectivity index (χ4n) is 3.57. The van der Waals surface area contributed by atoms with Crippen LogP contribution in [0.4, 0.5) is 0 Å². The molecule has 2 aromatic rings. The molecule has 1 aromatic heterocycles. The number of hydrogen-bond acceptors (Lipinski definition) is 2. The van der Waals surface area contributed by atoms with Crippen molar-refractivity contribution in [3.05, 3.63) is 35.5 Å². The van der Waals surface area contributed by atoms with E-state index in [1.807, 2.05) is 0 Å². The Morgan fingerprint density at radius 1 is 1.14 bits per heavy atom. The second-order valence-electron chi connectivity index (χ2n) is 6.49. The van der Waals surface area contributed by atoms with Crippen molar-refractivity contribution in [3.8, 4) is 0 Å². The monoisotopic (exact) mass is 299 g/mol. The van der Waals surface area contributed by atoms with E-state index >= 15 is 0 Å². The van der Waals surface area contributed by atoms with Crippen molar-refractivity contribution in [2.45, 2.75) is 45.6 Å². The highest BCUT2D eigenvalue weighted by Crippen LogP contribution is 2.24. The first-order chi connectivity index (χ1) is 10.8. The van der Waals surface area contributed by atoms with E-state index in [9.17, 15) is 0 Å². The molecule has 0 spiro atoms. The summed E-state index contributed by atoms with van der Waals surface area (Å²) in [6.07, 6.45) is 8.44. The molecule has 120 valence electrons. The molecule has 0 atom stereocenters. The molecule has 0 radical (unpaired) electrons. The van der Waals surface area contributed by atoms with E-state index in [4.69, 9.17) is 5.73 Å². The van der Waals surface area contributed by atoms with Crippen molar-refractivity contribution >= 4 is 10.9 Å². The van der Waals surface area contributed by atoms with Gasteiger partial charge in [-0.25, -0.2) is 0 Å². The van der Waals surface area contributed by atoms with E-state index in [-0.39, 0.29) is 0 Å². The van der Waals surface area contributed by atoms with Crippen molar-refractivity contribution in [3.63, 3.8) is 0 Å². The first-order valence-electron chi connectivity index (χ1n) is 8.85. The number of benzene rings is 1. The summed E-state index contributed by atoms with van der Waals surface area (Å²) in [7, 11) is 0. The van der Waals surface area contributed by atoms with Gasteiger partial charge in [0.15, 0.2) is 0 Å². The Hall–Kier alpha value is -1.32. The van der Waals surface area contributed by atoms with Crippen LogP contribution in [0.15, 0.2) is 24.4 Å². The average Bonchev–Trinajstić information content (AvgIpc) is 3.18. The minimum atomic E-state index is 0.760. The summed E-state index contributed by atoms with van der Waals surface area (Å²) < 4.78 is 2.40. The van der Waals surface area contributed by atoms with Crippen LogP contribution in [0.5, 0.6) is 0 Å². The Morgan fingerprint density at radius 2 is 1.95 bits per heavy atom. The Labute approximate surface area is 134 Å². The van der Waals surface area contributed by atoms with E-state index < -0.39 is 0 Å². The summed E-state index contributed by atoms with van der Waals surface area (Å²) >= 11 is 0. The van der Waals surface area contributed by atoms with Gasteiger partial charge in [0.2, 0.25) is 0 Å². The minimum absolute atomic E-state index is 0.760.